The van der Waals surface area contributed by atoms with Crippen LogP contribution in [0.5, 0.6) is 0 Å². The standard InChI is InChI=1S/C14H13N3O2S/c1-9-5-11(16-19-9)7-17(2)14(18)10-3-4-12-13(6-10)20-8-15-12/h3-6,8H,7H2,1-2H3. The van der Waals surface area contributed by atoms with Crippen molar-refractivity contribution in [3.8, 4) is 0 Å². The van der Waals surface area contributed by atoms with Gasteiger partial charge in [0.05, 0.1) is 22.3 Å². The highest BCUT2D eigenvalue weighted by Crippen LogP contribution is 2.20. The topological polar surface area (TPSA) is 59.2 Å². The second-order valence-corrected chi connectivity index (χ2v) is 5.51. The second-order valence-electron chi connectivity index (χ2n) is 4.62. The van der Waals surface area contributed by atoms with Gasteiger partial charge in [0.25, 0.3) is 5.91 Å². The number of fused-ring (bicyclic) bond motifs is 1. The van der Waals surface area contributed by atoms with Gasteiger partial charge in [-0.15, -0.1) is 11.3 Å². The molecule has 20 heavy (non-hydrogen) atoms. The molecule has 0 aliphatic rings. The third-order valence-corrected chi connectivity index (χ3v) is 3.79. The fourth-order valence-electron chi connectivity index (χ4n) is 2.02. The molecule has 0 atom stereocenters. The molecule has 0 fully saturated rings. The maximum Gasteiger partial charge on any atom is 0.254 e. The fraction of sp³-hybridized carbons (Fsp3) is 0.214. The van der Waals surface area contributed by atoms with E-state index in [0.29, 0.717) is 12.1 Å². The zero-order chi connectivity index (χ0) is 14.1. The van der Waals surface area contributed by atoms with Gasteiger partial charge in [0.15, 0.2) is 0 Å². The molecule has 5 nitrogen and oxygen atoms in total. The Hall–Kier alpha value is -2.21. The first-order valence-electron chi connectivity index (χ1n) is 6.14. The number of rotatable bonds is 3. The van der Waals surface area contributed by atoms with Gasteiger partial charge in [-0.05, 0) is 25.1 Å². The van der Waals surface area contributed by atoms with Crippen LogP contribution in [-0.4, -0.2) is 28.0 Å². The molecule has 102 valence electrons. The Labute approximate surface area is 119 Å². The van der Waals surface area contributed by atoms with Crippen molar-refractivity contribution in [3.05, 3.63) is 46.8 Å². The highest BCUT2D eigenvalue weighted by Gasteiger charge is 2.14. The summed E-state index contributed by atoms with van der Waals surface area (Å²) >= 11 is 1.53. The molecule has 2 heterocycles. The van der Waals surface area contributed by atoms with Gasteiger partial charge in [-0.3, -0.25) is 4.79 Å². The Bertz CT molecular complexity index is 762. The molecule has 0 saturated carbocycles. The van der Waals surface area contributed by atoms with E-state index >= 15 is 0 Å². The third-order valence-electron chi connectivity index (χ3n) is 3.00. The lowest BCUT2D eigenvalue weighted by Crippen LogP contribution is -2.26. The molecule has 0 bridgehead atoms. The van der Waals surface area contributed by atoms with Gasteiger partial charge in [0.1, 0.15) is 11.5 Å². The van der Waals surface area contributed by atoms with Crippen molar-refractivity contribution in [3.63, 3.8) is 0 Å². The number of hydrogen-bond acceptors (Lipinski definition) is 5. The Balaban J connectivity index is 1.80. The van der Waals surface area contributed by atoms with Crippen molar-refractivity contribution in [2.24, 2.45) is 0 Å². The van der Waals surface area contributed by atoms with Gasteiger partial charge in [0, 0.05) is 18.7 Å². The summed E-state index contributed by atoms with van der Waals surface area (Å²) < 4.78 is 6.02. The molecule has 1 amide bonds. The minimum atomic E-state index is -0.0408. The maximum absolute atomic E-state index is 12.4. The van der Waals surface area contributed by atoms with Crippen molar-refractivity contribution < 1.29 is 9.32 Å². The molecular weight excluding hydrogens is 274 g/mol. The number of carbonyl (C=O) groups excluding carboxylic acids is 1. The van der Waals surface area contributed by atoms with Crippen LogP contribution in [0, 0.1) is 6.92 Å². The lowest BCUT2D eigenvalue weighted by atomic mass is 10.2. The molecule has 1 aromatic carbocycles. The van der Waals surface area contributed by atoms with E-state index in [1.807, 2.05) is 25.1 Å². The Morgan fingerprint density at radius 2 is 2.25 bits per heavy atom. The number of benzene rings is 1. The summed E-state index contributed by atoms with van der Waals surface area (Å²) in [5, 5.41) is 3.90. The zero-order valence-corrected chi connectivity index (χ0v) is 12.0. The predicted molar refractivity (Wildman–Crippen MR) is 76.7 cm³/mol. The van der Waals surface area contributed by atoms with Gasteiger partial charge in [0.2, 0.25) is 0 Å². The number of nitrogens with zero attached hydrogens (tertiary/aromatic N) is 3. The number of aromatic nitrogens is 2. The van der Waals surface area contributed by atoms with Gasteiger partial charge in [-0.1, -0.05) is 5.16 Å². The van der Waals surface area contributed by atoms with E-state index in [9.17, 15) is 4.79 Å². The molecule has 0 unspecified atom stereocenters. The van der Waals surface area contributed by atoms with Crippen molar-refractivity contribution >= 4 is 27.5 Å². The van der Waals surface area contributed by atoms with Crippen LogP contribution in [0.15, 0.2) is 34.3 Å². The Morgan fingerprint density at radius 3 is 3.00 bits per heavy atom. The molecule has 0 aliphatic carbocycles. The first kappa shape index (κ1) is 12.8. The van der Waals surface area contributed by atoms with Crippen molar-refractivity contribution in [2.45, 2.75) is 13.5 Å². The molecular formula is C14H13N3O2S. The number of amides is 1. The average Bonchev–Trinajstić information content (AvgIpc) is 3.05. The van der Waals surface area contributed by atoms with Crippen molar-refractivity contribution in [2.75, 3.05) is 7.05 Å². The molecule has 0 aliphatic heterocycles. The van der Waals surface area contributed by atoms with E-state index in [-0.39, 0.29) is 5.91 Å². The SMILES string of the molecule is Cc1cc(CN(C)C(=O)c2ccc3ncsc3c2)no1. The number of hydrogen-bond donors (Lipinski definition) is 0. The minimum Gasteiger partial charge on any atom is -0.361 e. The summed E-state index contributed by atoms with van der Waals surface area (Å²) in [6.07, 6.45) is 0. The van der Waals surface area contributed by atoms with Crippen LogP contribution < -0.4 is 0 Å². The largest absolute Gasteiger partial charge is 0.361 e. The van der Waals surface area contributed by atoms with Gasteiger partial charge < -0.3 is 9.42 Å². The maximum atomic E-state index is 12.4. The lowest BCUT2D eigenvalue weighted by Gasteiger charge is -2.15. The molecule has 3 aromatic rings. The van der Waals surface area contributed by atoms with Crippen LogP contribution in [0.3, 0.4) is 0 Å². The Morgan fingerprint density at radius 1 is 1.40 bits per heavy atom. The number of thiazole rings is 1. The van der Waals surface area contributed by atoms with Crippen LogP contribution in [0.2, 0.25) is 0 Å². The van der Waals surface area contributed by atoms with Crippen molar-refractivity contribution in [1.82, 2.24) is 15.0 Å². The van der Waals surface area contributed by atoms with Gasteiger partial charge >= 0.3 is 0 Å². The smallest absolute Gasteiger partial charge is 0.254 e. The van der Waals surface area contributed by atoms with E-state index in [1.54, 1.807) is 23.5 Å². The molecule has 0 spiro atoms. The van der Waals surface area contributed by atoms with E-state index in [1.165, 1.54) is 11.3 Å². The molecule has 6 heteroatoms. The van der Waals surface area contributed by atoms with Crippen LogP contribution >= 0.6 is 11.3 Å². The first-order valence-corrected chi connectivity index (χ1v) is 7.02. The summed E-state index contributed by atoms with van der Waals surface area (Å²) in [7, 11) is 1.75. The predicted octanol–water partition coefficient (Wildman–Crippen LogP) is 2.86. The van der Waals surface area contributed by atoms with E-state index in [4.69, 9.17) is 4.52 Å². The van der Waals surface area contributed by atoms with Crippen LogP contribution in [0.1, 0.15) is 21.8 Å². The van der Waals surface area contributed by atoms with Gasteiger partial charge in [-0.25, -0.2) is 4.98 Å². The first-order chi connectivity index (χ1) is 9.63. The van der Waals surface area contributed by atoms with Crippen LogP contribution in [0.4, 0.5) is 0 Å². The monoisotopic (exact) mass is 287 g/mol. The highest BCUT2D eigenvalue weighted by molar-refractivity contribution is 7.16. The van der Waals surface area contributed by atoms with Crippen LogP contribution in [-0.2, 0) is 6.54 Å². The second kappa shape index (κ2) is 5.05. The van der Waals surface area contributed by atoms with Crippen LogP contribution in [0.25, 0.3) is 10.2 Å². The summed E-state index contributed by atoms with van der Waals surface area (Å²) in [4.78, 5) is 18.2. The van der Waals surface area contributed by atoms with E-state index in [2.05, 4.69) is 10.1 Å². The summed E-state index contributed by atoms with van der Waals surface area (Å²) in [5.74, 6) is 0.702. The average molecular weight is 287 g/mol. The fourth-order valence-corrected chi connectivity index (χ4v) is 2.73. The molecule has 0 radical (unpaired) electrons. The number of aryl methyl sites for hydroxylation is 1. The normalized spacial score (nSPS) is 10.9. The minimum absolute atomic E-state index is 0.0408. The number of carbonyl (C=O) groups is 1. The van der Waals surface area contributed by atoms with Crippen molar-refractivity contribution in [1.29, 1.82) is 0 Å². The van der Waals surface area contributed by atoms with E-state index in [0.717, 1.165) is 21.7 Å². The molecule has 0 N–H and O–H groups in total. The molecule has 2 aromatic heterocycles. The van der Waals surface area contributed by atoms with E-state index < -0.39 is 0 Å². The zero-order valence-electron chi connectivity index (χ0n) is 11.2. The summed E-state index contributed by atoms with van der Waals surface area (Å²) in [5.41, 5.74) is 4.10. The molecule has 3 rings (SSSR count). The lowest BCUT2D eigenvalue weighted by molar-refractivity contribution is 0.0782. The third kappa shape index (κ3) is 2.42. The molecule has 0 saturated heterocycles. The highest BCUT2D eigenvalue weighted by atomic mass is 32.1. The van der Waals surface area contributed by atoms with Gasteiger partial charge in [-0.2, -0.15) is 0 Å². The quantitative estimate of drug-likeness (QED) is 0.743. The Kier molecular flexibility index (Phi) is 3.23. The summed E-state index contributed by atoms with van der Waals surface area (Å²) in [6.45, 7) is 2.26. The summed E-state index contributed by atoms with van der Waals surface area (Å²) in [6, 6.07) is 7.37.